The molecule has 0 saturated heterocycles. The summed E-state index contributed by atoms with van der Waals surface area (Å²) in [6.45, 7) is 0. The Kier molecular flexibility index (Phi) is 8.57. The summed E-state index contributed by atoms with van der Waals surface area (Å²) < 4.78 is 26.0. The van der Waals surface area contributed by atoms with Gasteiger partial charge < -0.3 is 28.8 Å². The second-order valence-corrected chi connectivity index (χ2v) is 6.18. The highest BCUT2D eigenvalue weighted by atomic mass is 16.5. The molecular weight excluding hydrogens is 400 g/mol. The molecule has 1 N–H and O–H groups in total. The molecule has 0 aliphatic rings. The third-order valence-corrected chi connectivity index (χ3v) is 4.34. The molecule has 0 unspecified atom stereocenters. The van der Waals surface area contributed by atoms with E-state index in [1.54, 1.807) is 62.8 Å². The Labute approximate surface area is 181 Å². The van der Waals surface area contributed by atoms with Crippen LogP contribution in [0.2, 0.25) is 0 Å². The summed E-state index contributed by atoms with van der Waals surface area (Å²) in [5, 5.41) is 10.3. The second kappa shape index (κ2) is 11.3. The highest BCUT2D eigenvalue weighted by Gasteiger charge is 2.12. The van der Waals surface area contributed by atoms with E-state index in [4.69, 9.17) is 23.7 Å². The van der Waals surface area contributed by atoms with Gasteiger partial charge in [-0.3, -0.25) is 4.79 Å². The molecule has 0 heterocycles. The number of hydrogen-bond donors (Lipinski definition) is 1. The molecule has 0 aliphatic carbocycles. The normalized spacial score (nSPS) is 11.9. The van der Waals surface area contributed by atoms with Crippen molar-refractivity contribution in [1.29, 1.82) is 0 Å². The first-order chi connectivity index (χ1) is 15.0. The van der Waals surface area contributed by atoms with Gasteiger partial charge in [0.15, 0.2) is 28.8 Å². The van der Waals surface area contributed by atoms with Crippen LogP contribution in [0.15, 0.2) is 60.1 Å². The molecule has 164 valence electrons. The van der Waals surface area contributed by atoms with Crippen LogP contribution in [0.5, 0.6) is 23.0 Å². The second-order valence-electron chi connectivity index (χ2n) is 6.18. The van der Waals surface area contributed by atoms with Gasteiger partial charge in [-0.05, 0) is 47.5 Å². The van der Waals surface area contributed by atoms with E-state index in [2.05, 4.69) is 0 Å². The minimum absolute atomic E-state index is 0.187. The summed E-state index contributed by atoms with van der Waals surface area (Å²) in [4.78, 5) is 12.5. The lowest BCUT2D eigenvalue weighted by atomic mass is 10.1. The van der Waals surface area contributed by atoms with Gasteiger partial charge in [0.05, 0.1) is 35.5 Å². The van der Waals surface area contributed by atoms with Crippen molar-refractivity contribution in [3.8, 4) is 23.0 Å². The van der Waals surface area contributed by atoms with Crippen LogP contribution in [0, 0.1) is 0 Å². The largest absolute Gasteiger partial charge is 0.504 e. The van der Waals surface area contributed by atoms with Crippen LogP contribution in [-0.2, 0) is 9.53 Å². The molecule has 0 aliphatic heterocycles. The Hall–Kier alpha value is -3.87. The first-order valence-electron chi connectivity index (χ1n) is 9.29. The van der Waals surface area contributed by atoms with Gasteiger partial charge in [0.2, 0.25) is 11.5 Å². The summed E-state index contributed by atoms with van der Waals surface area (Å²) >= 11 is 0. The van der Waals surface area contributed by atoms with E-state index in [1.165, 1.54) is 33.5 Å². The average Bonchev–Trinajstić information content (AvgIpc) is 2.81. The zero-order chi connectivity index (χ0) is 22.8. The number of carbonyl (C=O) groups is 1. The third kappa shape index (κ3) is 6.05. The van der Waals surface area contributed by atoms with Crippen LogP contribution < -0.4 is 18.9 Å². The topological polar surface area (TPSA) is 83.5 Å². The molecule has 0 aromatic heterocycles. The van der Waals surface area contributed by atoms with E-state index in [0.29, 0.717) is 23.0 Å². The van der Waals surface area contributed by atoms with Crippen molar-refractivity contribution in [3.63, 3.8) is 0 Å². The van der Waals surface area contributed by atoms with E-state index >= 15 is 0 Å². The molecule has 0 amide bonds. The Morgan fingerprint density at radius 1 is 0.710 bits per heavy atom. The zero-order valence-electron chi connectivity index (χ0n) is 18.2. The van der Waals surface area contributed by atoms with Crippen molar-refractivity contribution in [2.75, 3.05) is 35.5 Å². The van der Waals surface area contributed by atoms with Crippen molar-refractivity contribution < 1.29 is 33.6 Å². The molecule has 2 rings (SSSR count). The van der Waals surface area contributed by atoms with Crippen LogP contribution in [-0.4, -0.2) is 46.4 Å². The van der Waals surface area contributed by atoms with Gasteiger partial charge in [-0.25, -0.2) is 0 Å². The van der Waals surface area contributed by atoms with Crippen LogP contribution in [0.3, 0.4) is 0 Å². The molecule has 0 atom stereocenters. The predicted octanol–water partition coefficient (Wildman–Crippen LogP) is 4.43. The highest BCUT2D eigenvalue weighted by Crippen LogP contribution is 2.29. The molecule has 0 fully saturated rings. The lowest BCUT2D eigenvalue weighted by Crippen LogP contribution is -2.04. The van der Waals surface area contributed by atoms with Gasteiger partial charge in [-0.2, -0.15) is 0 Å². The number of rotatable bonds is 10. The Morgan fingerprint density at radius 2 is 1.16 bits per heavy atom. The number of aliphatic hydroxyl groups is 1. The summed E-state index contributed by atoms with van der Waals surface area (Å²) in [6.07, 6.45) is 5.90. The van der Waals surface area contributed by atoms with Crippen molar-refractivity contribution in [2.45, 2.75) is 0 Å². The Bertz CT molecular complexity index is 1000. The minimum Gasteiger partial charge on any atom is -0.504 e. The molecule has 31 heavy (non-hydrogen) atoms. The fraction of sp³-hybridized carbons (Fsp3) is 0.208. The number of ether oxygens (including phenoxy) is 5. The van der Waals surface area contributed by atoms with Gasteiger partial charge in [0, 0.05) is 0 Å². The van der Waals surface area contributed by atoms with Crippen LogP contribution in [0.4, 0.5) is 0 Å². The maximum atomic E-state index is 12.5. The minimum atomic E-state index is -0.494. The smallest absolute Gasteiger partial charge is 0.224 e. The predicted molar refractivity (Wildman–Crippen MR) is 119 cm³/mol. The van der Waals surface area contributed by atoms with E-state index in [9.17, 15) is 9.90 Å². The molecule has 7 nitrogen and oxygen atoms in total. The maximum absolute atomic E-state index is 12.5. The molecule has 7 heteroatoms. The van der Waals surface area contributed by atoms with E-state index in [1.807, 2.05) is 0 Å². The number of methoxy groups -OCH3 is 5. The standard InChI is InChI=1S/C24H26O7/c1-27-20-12-8-16(14-22(20)29-3)6-10-18(25)24(31-5)19(26)11-7-17-9-13-21(28-2)23(15-17)30-4/h6-15,25H,1-5H3/b10-6+,11-7+,24-18+. The van der Waals surface area contributed by atoms with Crippen LogP contribution in [0.1, 0.15) is 11.1 Å². The lowest BCUT2D eigenvalue weighted by Gasteiger charge is -2.08. The first-order valence-corrected chi connectivity index (χ1v) is 9.29. The van der Waals surface area contributed by atoms with Gasteiger partial charge in [0.25, 0.3) is 0 Å². The molecule has 0 spiro atoms. The highest BCUT2D eigenvalue weighted by molar-refractivity contribution is 6.05. The number of aliphatic hydroxyl groups excluding tert-OH is 1. The Balaban J connectivity index is 2.22. The number of carbonyl (C=O) groups excluding carboxylic acids is 1. The van der Waals surface area contributed by atoms with Gasteiger partial charge in [0.1, 0.15) is 0 Å². The maximum Gasteiger partial charge on any atom is 0.224 e. The summed E-state index contributed by atoms with van der Waals surface area (Å²) in [7, 11) is 7.48. The van der Waals surface area contributed by atoms with Gasteiger partial charge in [-0.1, -0.05) is 24.3 Å². The fourth-order valence-corrected chi connectivity index (χ4v) is 2.74. The molecular formula is C24H26O7. The number of hydrogen-bond acceptors (Lipinski definition) is 7. The van der Waals surface area contributed by atoms with Gasteiger partial charge in [-0.15, -0.1) is 0 Å². The van der Waals surface area contributed by atoms with Crippen molar-refractivity contribution >= 4 is 17.9 Å². The van der Waals surface area contributed by atoms with Gasteiger partial charge >= 0.3 is 0 Å². The monoisotopic (exact) mass is 426 g/mol. The molecule has 2 aromatic carbocycles. The zero-order valence-corrected chi connectivity index (χ0v) is 18.2. The molecule has 0 radical (unpaired) electrons. The quantitative estimate of drug-likeness (QED) is 0.342. The van der Waals surface area contributed by atoms with Crippen LogP contribution in [0.25, 0.3) is 12.2 Å². The number of ketones is 1. The molecule has 0 saturated carbocycles. The van der Waals surface area contributed by atoms with Crippen molar-refractivity contribution in [3.05, 3.63) is 71.2 Å². The summed E-state index contributed by atoms with van der Waals surface area (Å²) in [5.74, 6) is 1.28. The third-order valence-electron chi connectivity index (χ3n) is 4.34. The molecule has 2 aromatic rings. The average molecular weight is 426 g/mol. The Morgan fingerprint density at radius 3 is 1.58 bits per heavy atom. The first kappa shape index (κ1) is 23.4. The SMILES string of the molecule is CO/C(C(=O)/C=C/c1ccc(OC)c(OC)c1)=C(O)\C=C\c1ccc(OC)c(OC)c1. The van der Waals surface area contributed by atoms with Crippen molar-refractivity contribution in [1.82, 2.24) is 0 Å². The van der Waals surface area contributed by atoms with E-state index in [0.717, 1.165) is 11.1 Å². The van der Waals surface area contributed by atoms with Crippen molar-refractivity contribution in [2.24, 2.45) is 0 Å². The summed E-state index contributed by atoms with van der Waals surface area (Å²) in [6, 6.07) is 10.5. The number of allylic oxidation sites excluding steroid dienone is 2. The fourth-order valence-electron chi connectivity index (χ4n) is 2.74. The van der Waals surface area contributed by atoms with Crippen LogP contribution >= 0.6 is 0 Å². The lowest BCUT2D eigenvalue weighted by molar-refractivity contribution is -0.114. The van der Waals surface area contributed by atoms with E-state index in [-0.39, 0.29) is 11.5 Å². The van der Waals surface area contributed by atoms with E-state index < -0.39 is 5.78 Å². The number of benzene rings is 2. The molecule has 0 bridgehead atoms. The summed E-state index contributed by atoms with van der Waals surface area (Å²) in [5.41, 5.74) is 1.47.